The zero-order chi connectivity index (χ0) is 9.84. The Morgan fingerprint density at radius 1 is 1.54 bits per heavy atom. The average molecular weight is 198 g/mol. The molecule has 3 N–H and O–H groups in total. The topological polar surface area (TPSA) is 67.6 Å². The number of rotatable bonds is 3. The van der Waals surface area contributed by atoms with Crippen LogP contribution in [0.25, 0.3) is 0 Å². The van der Waals surface area contributed by atoms with Crippen LogP contribution in [0.5, 0.6) is 0 Å². The molecular weight excluding hydrogens is 184 g/mol. The summed E-state index contributed by atoms with van der Waals surface area (Å²) in [7, 11) is 0. The van der Waals surface area contributed by atoms with E-state index in [-0.39, 0.29) is 0 Å². The van der Waals surface area contributed by atoms with Gasteiger partial charge in [-0.05, 0) is 18.1 Å². The summed E-state index contributed by atoms with van der Waals surface area (Å²) in [6.07, 6.45) is 1.98. The van der Waals surface area contributed by atoms with E-state index in [2.05, 4.69) is 28.8 Å². The third-order valence-electron chi connectivity index (χ3n) is 1.96. The summed E-state index contributed by atoms with van der Waals surface area (Å²) in [6, 6.07) is 0. The van der Waals surface area contributed by atoms with Gasteiger partial charge >= 0.3 is 0 Å². The van der Waals surface area contributed by atoms with Crippen molar-refractivity contribution in [2.45, 2.75) is 26.7 Å². The van der Waals surface area contributed by atoms with Crippen molar-refractivity contribution in [3.63, 3.8) is 0 Å². The van der Waals surface area contributed by atoms with Crippen molar-refractivity contribution in [1.82, 2.24) is 15.0 Å². The lowest BCUT2D eigenvalue weighted by Crippen LogP contribution is -2.07. The van der Waals surface area contributed by atoms with Crippen LogP contribution >= 0.6 is 12.2 Å². The van der Waals surface area contributed by atoms with Gasteiger partial charge in [-0.15, -0.1) is 0 Å². The molecule has 0 bridgehead atoms. The normalized spacial score (nSPS) is 12.8. The number of nitrogen functional groups attached to an aromatic ring is 1. The summed E-state index contributed by atoms with van der Waals surface area (Å²) in [5.74, 6) is 1.75. The Morgan fingerprint density at radius 3 is 2.77 bits per heavy atom. The Labute approximate surface area is 82.6 Å². The van der Waals surface area contributed by atoms with E-state index >= 15 is 0 Å². The summed E-state index contributed by atoms with van der Waals surface area (Å²) < 4.78 is 0.314. The van der Waals surface area contributed by atoms with Gasteiger partial charge in [-0.3, -0.25) is 0 Å². The van der Waals surface area contributed by atoms with Crippen LogP contribution in [-0.4, -0.2) is 15.0 Å². The molecule has 0 saturated carbocycles. The van der Waals surface area contributed by atoms with Crippen molar-refractivity contribution in [2.75, 3.05) is 5.73 Å². The molecule has 72 valence electrons. The van der Waals surface area contributed by atoms with Crippen LogP contribution in [0.15, 0.2) is 0 Å². The molecule has 4 nitrogen and oxygen atoms in total. The first-order valence-electron chi connectivity index (χ1n) is 4.34. The first kappa shape index (κ1) is 10.1. The molecule has 0 aromatic carbocycles. The molecule has 13 heavy (non-hydrogen) atoms. The SMILES string of the molecule is CCC(C)Cc1nc(=S)nc(N)[nH]1. The maximum Gasteiger partial charge on any atom is 0.224 e. The van der Waals surface area contributed by atoms with Crippen LogP contribution in [0.1, 0.15) is 26.1 Å². The molecule has 0 fully saturated rings. The minimum absolute atomic E-state index is 0.314. The first-order valence-corrected chi connectivity index (χ1v) is 4.75. The van der Waals surface area contributed by atoms with Gasteiger partial charge in [0, 0.05) is 6.42 Å². The summed E-state index contributed by atoms with van der Waals surface area (Å²) in [6.45, 7) is 4.30. The monoisotopic (exact) mass is 198 g/mol. The molecule has 1 aromatic rings. The zero-order valence-corrected chi connectivity index (χ0v) is 8.69. The third-order valence-corrected chi connectivity index (χ3v) is 2.14. The Bertz CT molecular complexity index is 333. The number of aromatic nitrogens is 3. The highest BCUT2D eigenvalue weighted by Gasteiger charge is 2.03. The minimum Gasteiger partial charge on any atom is -0.369 e. The smallest absolute Gasteiger partial charge is 0.224 e. The van der Waals surface area contributed by atoms with Gasteiger partial charge in [0.15, 0.2) is 0 Å². The molecule has 1 unspecified atom stereocenters. The Hall–Kier alpha value is -0.970. The van der Waals surface area contributed by atoms with Gasteiger partial charge in [-0.1, -0.05) is 20.3 Å². The number of nitrogens with two attached hydrogens (primary N) is 1. The van der Waals surface area contributed by atoms with E-state index < -0.39 is 0 Å². The zero-order valence-electron chi connectivity index (χ0n) is 7.87. The summed E-state index contributed by atoms with van der Waals surface area (Å²) >= 11 is 4.85. The molecule has 1 atom stereocenters. The predicted molar refractivity (Wildman–Crippen MR) is 54.8 cm³/mol. The van der Waals surface area contributed by atoms with E-state index in [4.69, 9.17) is 18.0 Å². The van der Waals surface area contributed by atoms with Gasteiger partial charge in [0.25, 0.3) is 0 Å². The number of hydrogen-bond donors (Lipinski definition) is 2. The van der Waals surface area contributed by atoms with Crippen molar-refractivity contribution < 1.29 is 0 Å². The fourth-order valence-electron chi connectivity index (χ4n) is 1.02. The lowest BCUT2D eigenvalue weighted by Gasteiger charge is -2.07. The highest BCUT2D eigenvalue weighted by Crippen LogP contribution is 2.07. The standard InChI is InChI=1S/C8H14N4S/c1-3-5(2)4-6-10-7(9)12-8(13)11-6/h5H,3-4H2,1-2H3,(H3,9,10,11,12,13). The molecule has 0 amide bonds. The molecular formula is C8H14N4S. The van der Waals surface area contributed by atoms with Crippen molar-refractivity contribution in [3.8, 4) is 0 Å². The summed E-state index contributed by atoms with van der Waals surface area (Å²) in [5, 5.41) is 0. The minimum atomic E-state index is 0.314. The van der Waals surface area contributed by atoms with E-state index in [9.17, 15) is 0 Å². The van der Waals surface area contributed by atoms with Crippen LogP contribution in [0, 0.1) is 10.7 Å². The number of H-pyrrole nitrogens is 1. The molecule has 0 aliphatic carbocycles. The van der Waals surface area contributed by atoms with E-state index in [1.54, 1.807) is 0 Å². The number of hydrogen-bond acceptors (Lipinski definition) is 4. The van der Waals surface area contributed by atoms with Gasteiger partial charge < -0.3 is 10.7 Å². The second-order valence-electron chi connectivity index (χ2n) is 3.18. The fourth-order valence-corrected chi connectivity index (χ4v) is 1.23. The Balaban J connectivity index is 2.83. The molecule has 1 aromatic heterocycles. The summed E-state index contributed by atoms with van der Waals surface area (Å²) in [4.78, 5) is 10.8. The number of anilines is 1. The molecule has 0 aliphatic heterocycles. The molecule has 0 aliphatic rings. The molecule has 5 heteroatoms. The van der Waals surface area contributed by atoms with Crippen molar-refractivity contribution >= 4 is 18.2 Å². The maximum absolute atomic E-state index is 5.50. The quantitative estimate of drug-likeness (QED) is 0.725. The average Bonchev–Trinajstić information content (AvgIpc) is 2.02. The van der Waals surface area contributed by atoms with Gasteiger partial charge in [0.05, 0.1) is 0 Å². The van der Waals surface area contributed by atoms with Crippen LogP contribution in [0.4, 0.5) is 5.95 Å². The third kappa shape index (κ3) is 3.10. The van der Waals surface area contributed by atoms with Crippen molar-refractivity contribution in [1.29, 1.82) is 0 Å². The van der Waals surface area contributed by atoms with E-state index in [0.29, 0.717) is 16.6 Å². The van der Waals surface area contributed by atoms with Crippen LogP contribution in [-0.2, 0) is 6.42 Å². The number of nitrogens with one attached hydrogen (secondary N) is 1. The van der Waals surface area contributed by atoms with E-state index in [1.807, 2.05) is 0 Å². The van der Waals surface area contributed by atoms with Gasteiger partial charge in [-0.2, -0.15) is 4.98 Å². The lowest BCUT2D eigenvalue weighted by molar-refractivity contribution is 0.542. The van der Waals surface area contributed by atoms with Gasteiger partial charge in [-0.25, -0.2) is 4.98 Å². The van der Waals surface area contributed by atoms with Gasteiger partial charge in [0.1, 0.15) is 5.82 Å². The largest absolute Gasteiger partial charge is 0.369 e. The van der Waals surface area contributed by atoms with E-state index in [0.717, 1.165) is 18.7 Å². The van der Waals surface area contributed by atoms with Crippen LogP contribution in [0.3, 0.4) is 0 Å². The van der Waals surface area contributed by atoms with Crippen molar-refractivity contribution in [3.05, 3.63) is 10.6 Å². The Kier molecular flexibility index (Phi) is 3.36. The molecule has 1 rings (SSSR count). The number of nitrogens with zero attached hydrogens (tertiary/aromatic N) is 2. The second kappa shape index (κ2) is 4.32. The molecule has 0 saturated heterocycles. The molecule has 0 spiro atoms. The highest BCUT2D eigenvalue weighted by molar-refractivity contribution is 7.71. The fraction of sp³-hybridized carbons (Fsp3) is 0.625. The summed E-state index contributed by atoms with van der Waals surface area (Å²) in [5.41, 5.74) is 5.50. The lowest BCUT2D eigenvalue weighted by atomic mass is 10.1. The predicted octanol–water partition coefficient (Wildman–Crippen LogP) is 1.70. The molecule has 1 heterocycles. The maximum atomic E-state index is 5.50. The van der Waals surface area contributed by atoms with Crippen LogP contribution in [0.2, 0.25) is 0 Å². The second-order valence-corrected chi connectivity index (χ2v) is 3.55. The van der Waals surface area contributed by atoms with Gasteiger partial charge in [0.2, 0.25) is 10.7 Å². The Morgan fingerprint density at radius 2 is 2.23 bits per heavy atom. The molecule has 0 radical (unpaired) electrons. The number of aromatic amines is 1. The van der Waals surface area contributed by atoms with Crippen molar-refractivity contribution in [2.24, 2.45) is 5.92 Å². The van der Waals surface area contributed by atoms with E-state index in [1.165, 1.54) is 0 Å². The first-order chi connectivity index (χ1) is 6.11. The van der Waals surface area contributed by atoms with Crippen LogP contribution < -0.4 is 5.73 Å². The highest BCUT2D eigenvalue weighted by atomic mass is 32.1.